The van der Waals surface area contributed by atoms with Crippen LogP contribution in [0.3, 0.4) is 0 Å². The van der Waals surface area contributed by atoms with Crippen molar-refractivity contribution >= 4 is 0 Å². The summed E-state index contributed by atoms with van der Waals surface area (Å²) in [4.78, 5) is 0. The third kappa shape index (κ3) is 2.00. The Balaban J connectivity index is 2.77. The van der Waals surface area contributed by atoms with Gasteiger partial charge in [0.1, 0.15) is 5.76 Å². The molecule has 1 rings (SSSR count). The monoisotopic (exact) mass is 120 g/mol. The predicted octanol–water partition coefficient (Wildman–Crippen LogP) is 2.11. The van der Waals surface area contributed by atoms with Crippen LogP contribution < -0.4 is 0 Å². The third-order valence-corrected chi connectivity index (χ3v) is 0.978. The fourth-order valence-electron chi connectivity index (χ4n) is 0.556. The SMILES string of the molecule is OC1=CC=CC=CC=C1. The number of aliphatic hydroxyl groups is 1. The average Bonchev–Trinajstić information content (AvgIpc) is 1.79. The molecule has 0 fully saturated rings. The van der Waals surface area contributed by atoms with E-state index in [1.54, 1.807) is 24.3 Å². The Morgan fingerprint density at radius 1 is 0.889 bits per heavy atom. The van der Waals surface area contributed by atoms with E-state index in [9.17, 15) is 0 Å². The summed E-state index contributed by atoms with van der Waals surface area (Å²) in [6, 6.07) is 0. The quantitative estimate of drug-likeness (QED) is 0.519. The maximum absolute atomic E-state index is 8.90. The molecule has 0 aromatic heterocycles. The zero-order valence-corrected chi connectivity index (χ0v) is 4.99. The molecule has 0 saturated heterocycles. The molecular formula is C8H8O. The standard InChI is InChI=1S/C8H8O/c9-8-6-4-2-1-3-5-7-8/h1-7,9H. The minimum absolute atomic E-state index is 0.288. The predicted molar refractivity (Wildman–Crippen MR) is 38.1 cm³/mol. The second-order valence-electron chi connectivity index (χ2n) is 1.72. The summed E-state index contributed by atoms with van der Waals surface area (Å²) in [5, 5.41) is 8.90. The lowest BCUT2D eigenvalue weighted by molar-refractivity contribution is 0.432. The van der Waals surface area contributed by atoms with Crippen LogP contribution >= 0.6 is 0 Å². The molecule has 1 heteroatoms. The molecule has 0 saturated carbocycles. The van der Waals surface area contributed by atoms with Crippen LogP contribution in [-0.4, -0.2) is 5.11 Å². The molecule has 0 aliphatic heterocycles. The summed E-state index contributed by atoms with van der Waals surface area (Å²) in [7, 11) is 0. The van der Waals surface area contributed by atoms with Crippen LogP contribution in [0, 0.1) is 0 Å². The zero-order chi connectivity index (χ0) is 6.53. The molecule has 0 aromatic carbocycles. The van der Waals surface area contributed by atoms with Crippen LogP contribution in [0.5, 0.6) is 0 Å². The highest BCUT2D eigenvalue weighted by atomic mass is 16.3. The molecule has 1 aliphatic rings. The van der Waals surface area contributed by atoms with Crippen molar-refractivity contribution in [2.75, 3.05) is 0 Å². The van der Waals surface area contributed by atoms with Crippen LogP contribution in [-0.2, 0) is 0 Å². The summed E-state index contributed by atoms with van der Waals surface area (Å²) in [5.41, 5.74) is 0. The first-order valence-electron chi connectivity index (χ1n) is 2.80. The average molecular weight is 120 g/mol. The largest absolute Gasteiger partial charge is 0.508 e. The van der Waals surface area contributed by atoms with Crippen LogP contribution in [0.1, 0.15) is 0 Å². The van der Waals surface area contributed by atoms with Crippen molar-refractivity contribution in [2.24, 2.45) is 0 Å². The van der Waals surface area contributed by atoms with Crippen molar-refractivity contribution in [1.29, 1.82) is 0 Å². The van der Waals surface area contributed by atoms with E-state index in [2.05, 4.69) is 0 Å². The van der Waals surface area contributed by atoms with Crippen LogP contribution in [0.4, 0.5) is 0 Å². The maximum Gasteiger partial charge on any atom is 0.115 e. The highest BCUT2D eigenvalue weighted by molar-refractivity contribution is 5.26. The number of aliphatic hydroxyl groups excluding tert-OH is 1. The van der Waals surface area contributed by atoms with Gasteiger partial charge in [0.25, 0.3) is 0 Å². The second kappa shape index (κ2) is 2.92. The van der Waals surface area contributed by atoms with Gasteiger partial charge in [-0.1, -0.05) is 30.4 Å². The van der Waals surface area contributed by atoms with Gasteiger partial charge in [-0.2, -0.15) is 0 Å². The van der Waals surface area contributed by atoms with Crippen LogP contribution in [0.15, 0.2) is 48.3 Å². The molecule has 46 valence electrons. The second-order valence-corrected chi connectivity index (χ2v) is 1.72. The lowest BCUT2D eigenvalue weighted by atomic mass is 10.3. The van der Waals surface area contributed by atoms with Crippen molar-refractivity contribution in [1.82, 2.24) is 0 Å². The number of rotatable bonds is 0. The van der Waals surface area contributed by atoms with Gasteiger partial charge in [0, 0.05) is 0 Å². The van der Waals surface area contributed by atoms with Gasteiger partial charge in [-0.3, -0.25) is 0 Å². The van der Waals surface area contributed by atoms with Crippen molar-refractivity contribution < 1.29 is 5.11 Å². The molecule has 1 nitrogen and oxygen atoms in total. The lowest BCUT2D eigenvalue weighted by Gasteiger charge is -1.87. The lowest BCUT2D eigenvalue weighted by Crippen LogP contribution is -1.71. The molecule has 0 atom stereocenters. The Kier molecular flexibility index (Phi) is 1.91. The van der Waals surface area contributed by atoms with E-state index in [1.807, 2.05) is 18.2 Å². The first-order chi connectivity index (χ1) is 4.39. The molecule has 1 N–H and O–H groups in total. The van der Waals surface area contributed by atoms with Crippen molar-refractivity contribution in [2.45, 2.75) is 0 Å². The fourth-order valence-corrected chi connectivity index (χ4v) is 0.556. The van der Waals surface area contributed by atoms with E-state index in [-0.39, 0.29) is 5.76 Å². The van der Waals surface area contributed by atoms with Gasteiger partial charge in [-0.05, 0) is 12.2 Å². The highest BCUT2D eigenvalue weighted by Gasteiger charge is 1.79. The normalized spacial score (nSPS) is 16.7. The Morgan fingerprint density at radius 3 is 2.44 bits per heavy atom. The minimum atomic E-state index is 0.288. The number of hydrogen-bond donors (Lipinski definition) is 1. The summed E-state index contributed by atoms with van der Waals surface area (Å²) < 4.78 is 0. The van der Waals surface area contributed by atoms with E-state index >= 15 is 0 Å². The van der Waals surface area contributed by atoms with E-state index in [0.29, 0.717) is 0 Å². The summed E-state index contributed by atoms with van der Waals surface area (Å²) in [5.74, 6) is 0.288. The molecule has 0 radical (unpaired) electrons. The zero-order valence-electron chi connectivity index (χ0n) is 4.99. The minimum Gasteiger partial charge on any atom is -0.508 e. The Labute approximate surface area is 54.3 Å². The molecule has 0 spiro atoms. The molecule has 1 aliphatic carbocycles. The molecular weight excluding hydrogens is 112 g/mol. The molecule has 0 heterocycles. The van der Waals surface area contributed by atoms with Gasteiger partial charge in [-0.15, -0.1) is 0 Å². The maximum atomic E-state index is 8.90. The summed E-state index contributed by atoms with van der Waals surface area (Å²) in [6.45, 7) is 0. The number of allylic oxidation sites excluding steroid dienone is 7. The first kappa shape index (κ1) is 5.89. The van der Waals surface area contributed by atoms with E-state index < -0.39 is 0 Å². The van der Waals surface area contributed by atoms with Crippen molar-refractivity contribution in [3.05, 3.63) is 48.3 Å². The van der Waals surface area contributed by atoms with Crippen LogP contribution in [0.25, 0.3) is 0 Å². The van der Waals surface area contributed by atoms with Gasteiger partial charge < -0.3 is 5.11 Å². The Bertz CT molecular complexity index is 195. The molecule has 0 aromatic rings. The summed E-state index contributed by atoms with van der Waals surface area (Å²) >= 11 is 0. The van der Waals surface area contributed by atoms with E-state index in [4.69, 9.17) is 5.11 Å². The van der Waals surface area contributed by atoms with E-state index in [1.165, 1.54) is 0 Å². The smallest absolute Gasteiger partial charge is 0.115 e. The van der Waals surface area contributed by atoms with Crippen molar-refractivity contribution in [3.8, 4) is 0 Å². The van der Waals surface area contributed by atoms with Gasteiger partial charge in [-0.25, -0.2) is 0 Å². The summed E-state index contributed by atoms with van der Waals surface area (Å²) in [6.07, 6.45) is 12.5. The molecule has 0 amide bonds. The molecule has 9 heavy (non-hydrogen) atoms. The van der Waals surface area contributed by atoms with Gasteiger partial charge in [0.05, 0.1) is 0 Å². The first-order valence-corrected chi connectivity index (χ1v) is 2.80. The molecule has 0 unspecified atom stereocenters. The third-order valence-electron chi connectivity index (χ3n) is 0.978. The topological polar surface area (TPSA) is 20.2 Å². The van der Waals surface area contributed by atoms with E-state index in [0.717, 1.165) is 0 Å². The Morgan fingerprint density at radius 2 is 1.56 bits per heavy atom. The van der Waals surface area contributed by atoms with Gasteiger partial charge >= 0.3 is 0 Å². The fraction of sp³-hybridized carbons (Fsp3) is 0. The van der Waals surface area contributed by atoms with Gasteiger partial charge in [0.2, 0.25) is 0 Å². The van der Waals surface area contributed by atoms with Crippen molar-refractivity contribution in [3.63, 3.8) is 0 Å². The molecule has 0 bridgehead atoms. The van der Waals surface area contributed by atoms with Crippen LogP contribution in [0.2, 0.25) is 0 Å². The number of hydrogen-bond acceptors (Lipinski definition) is 1. The van der Waals surface area contributed by atoms with Gasteiger partial charge in [0.15, 0.2) is 0 Å². The Hall–Kier alpha value is -1.24. The highest BCUT2D eigenvalue weighted by Crippen LogP contribution is 1.95.